The van der Waals surface area contributed by atoms with Crippen LogP contribution in [0.5, 0.6) is 0 Å². The number of nitrogens with zero attached hydrogens (tertiary/aromatic N) is 1. The van der Waals surface area contributed by atoms with Crippen LogP contribution in [-0.4, -0.2) is 36.6 Å². The Morgan fingerprint density at radius 3 is 2.53 bits per heavy atom. The summed E-state index contributed by atoms with van der Waals surface area (Å²) in [7, 11) is 0. The highest BCUT2D eigenvalue weighted by atomic mass is 15.2. The van der Waals surface area contributed by atoms with Gasteiger partial charge in [-0.05, 0) is 38.3 Å². The molecule has 0 bridgehead atoms. The van der Waals surface area contributed by atoms with Crippen LogP contribution in [0.15, 0.2) is 0 Å². The molecule has 1 heterocycles. The smallest absolute Gasteiger partial charge is 0.0200 e. The Labute approximate surface area is 94.4 Å². The van der Waals surface area contributed by atoms with Crippen LogP contribution in [0.4, 0.5) is 0 Å². The number of nitrogens with one attached hydrogen (secondary N) is 1. The van der Waals surface area contributed by atoms with E-state index in [0.29, 0.717) is 0 Å². The van der Waals surface area contributed by atoms with Crippen LogP contribution in [0.1, 0.15) is 46.0 Å². The minimum absolute atomic E-state index is 0.776. The van der Waals surface area contributed by atoms with Crippen LogP contribution in [0.25, 0.3) is 0 Å². The first-order chi connectivity index (χ1) is 7.33. The van der Waals surface area contributed by atoms with Gasteiger partial charge in [0.15, 0.2) is 0 Å². The van der Waals surface area contributed by atoms with Crippen molar-refractivity contribution in [1.82, 2.24) is 10.2 Å². The van der Waals surface area contributed by atoms with Gasteiger partial charge in [0, 0.05) is 18.6 Å². The molecule has 3 unspecified atom stereocenters. The first kappa shape index (κ1) is 11.4. The van der Waals surface area contributed by atoms with Gasteiger partial charge in [0.1, 0.15) is 0 Å². The van der Waals surface area contributed by atoms with E-state index in [2.05, 4.69) is 24.1 Å². The van der Waals surface area contributed by atoms with Crippen molar-refractivity contribution in [3.63, 3.8) is 0 Å². The Hall–Kier alpha value is -0.0800. The maximum atomic E-state index is 3.85. The van der Waals surface area contributed by atoms with E-state index in [-0.39, 0.29) is 0 Å². The van der Waals surface area contributed by atoms with Crippen molar-refractivity contribution in [3.8, 4) is 0 Å². The van der Waals surface area contributed by atoms with Gasteiger partial charge in [-0.25, -0.2) is 0 Å². The van der Waals surface area contributed by atoms with Crippen LogP contribution in [0, 0.1) is 5.92 Å². The van der Waals surface area contributed by atoms with Gasteiger partial charge in [-0.1, -0.05) is 26.7 Å². The summed E-state index contributed by atoms with van der Waals surface area (Å²) in [5.74, 6) is 0.999. The molecule has 1 saturated heterocycles. The number of likely N-dealkylation sites (N-methyl/N-ethyl adjacent to an activating group) is 1. The second-order valence-corrected chi connectivity index (χ2v) is 5.24. The molecule has 88 valence electrons. The van der Waals surface area contributed by atoms with Gasteiger partial charge >= 0.3 is 0 Å². The molecule has 1 N–H and O–H groups in total. The molecule has 0 aromatic carbocycles. The summed E-state index contributed by atoms with van der Waals surface area (Å²) in [6.07, 6.45) is 7.26. The van der Waals surface area contributed by atoms with E-state index in [1.54, 1.807) is 0 Å². The normalized spacial score (nSPS) is 35.8. The molecule has 0 spiro atoms. The molecule has 0 radical (unpaired) electrons. The lowest BCUT2D eigenvalue weighted by atomic mass is 9.85. The summed E-state index contributed by atoms with van der Waals surface area (Å²) in [5.41, 5.74) is 0. The molecule has 2 rings (SSSR count). The third kappa shape index (κ3) is 2.73. The molecule has 0 aromatic rings. The van der Waals surface area contributed by atoms with Gasteiger partial charge in [0.2, 0.25) is 0 Å². The Balaban J connectivity index is 1.80. The van der Waals surface area contributed by atoms with Crippen molar-refractivity contribution in [2.45, 2.75) is 58.0 Å². The number of fused-ring (bicyclic) bond motifs is 1. The van der Waals surface area contributed by atoms with E-state index in [4.69, 9.17) is 0 Å². The van der Waals surface area contributed by atoms with Crippen molar-refractivity contribution in [1.29, 1.82) is 0 Å². The van der Waals surface area contributed by atoms with Crippen molar-refractivity contribution >= 4 is 0 Å². The molecule has 2 fully saturated rings. The minimum atomic E-state index is 0.776. The molecule has 1 aliphatic heterocycles. The van der Waals surface area contributed by atoms with Gasteiger partial charge < -0.3 is 10.2 Å². The van der Waals surface area contributed by atoms with E-state index in [1.807, 2.05) is 0 Å². The van der Waals surface area contributed by atoms with Crippen LogP contribution in [0.2, 0.25) is 0 Å². The zero-order valence-corrected chi connectivity index (χ0v) is 10.3. The number of hydrogen-bond acceptors (Lipinski definition) is 2. The molecule has 0 aromatic heterocycles. The van der Waals surface area contributed by atoms with Gasteiger partial charge in [0.05, 0.1) is 0 Å². The first-order valence-electron chi connectivity index (χ1n) is 6.81. The highest BCUT2D eigenvalue weighted by molar-refractivity contribution is 4.93. The molecule has 2 nitrogen and oxygen atoms in total. The lowest BCUT2D eigenvalue weighted by Crippen LogP contribution is -2.40. The molecule has 2 heteroatoms. The van der Waals surface area contributed by atoms with Gasteiger partial charge in [-0.3, -0.25) is 0 Å². The zero-order chi connectivity index (χ0) is 10.7. The highest BCUT2D eigenvalue weighted by Gasteiger charge is 2.35. The minimum Gasteiger partial charge on any atom is -0.310 e. The van der Waals surface area contributed by atoms with Crippen molar-refractivity contribution in [2.75, 3.05) is 19.6 Å². The predicted molar refractivity (Wildman–Crippen MR) is 65.1 cm³/mol. The van der Waals surface area contributed by atoms with E-state index in [1.165, 1.54) is 51.7 Å². The first-order valence-corrected chi connectivity index (χ1v) is 6.81. The molecule has 3 atom stereocenters. The SMILES string of the molecule is CCN(CC)CC1CC2CCCCC2N1. The lowest BCUT2D eigenvalue weighted by molar-refractivity contribution is 0.270. The Morgan fingerprint density at radius 1 is 1.13 bits per heavy atom. The predicted octanol–water partition coefficient (Wildman–Crippen LogP) is 2.25. The highest BCUT2D eigenvalue weighted by Crippen LogP contribution is 2.33. The Kier molecular flexibility index (Phi) is 4.04. The second-order valence-electron chi connectivity index (χ2n) is 5.24. The summed E-state index contributed by atoms with van der Waals surface area (Å²) >= 11 is 0. The fourth-order valence-corrected chi connectivity index (χ4v) is 3.37. The maximum absolute atomic E-state index is 3.85. The maximum Gasteiger partial charge on any atom is 0.0200 e. The van der Waals surface area contributed by atoms with E-state index < -0.39 is 0 Å². The number of hydrogen-bond donors (Lipinski definition) is 1. The van der Waals surface area contributed by atoms with E-state index in [0.717, 1.165) is 18.0 Å². The van der Waals surface area contributed by atoms with Gasteiger partial charge in [0.25, 0.3) is 0 Å². The second kappa shape index (κ2) is 5.31. The van der Waals surface area contributed by atoms with Crippen molar-refractivity contribution < 1.29 is 0 Å². The third-order valence-corrected chi connectivity index (χ3v) is 4.32. The van der Waals surface area contributed by atoms with Crippen LogP contribution in [-0.2, 0) is 0 Å². The third-order valence-electron chi connectivity index (χ3n) is 4.32. The van der Waals surface area contributed by atoms with Crippen LogP contribution in [0.3, 0.4) is 0 Å². The molecule has 1 saturated carbocycles. The molecular weight excluding hydrogens is 184 g/mol. The van der Waals surface area contributed by atoms with Crippen LogP contribution < -0.4 is 5.32 Å². The van der Waals surface area contributed by atoms with E-state index >= 15 is 0 Å². The monoisotopic (exact) mass is 210 g/mol. The summed E-state index contributed by atoms with van der Waals surface area (Å²) in [4.78, 5) is 2.55. The summed E-state index contributed by atoms with van der Waals surface area (Å²) in [5, 5.41) is 3.85. The molecule has 0 amide bonds. The van der Waals surface area contributed by atoms with E-state index in [9.17, 15) is 0 Å². The van der Waals surface area contributed by atoms with Gasteiger partial charge in [-0.15, -0.1) is 0 Å². The number of rotatable bonds is 4. The topological polar surface area (TPSA) is 15.3 Å². The summed E-state index contributed by atoms with van der Waals surface area (Å²) in [6, 6.07) is 1.64. The van der Waals surface area contributed by atoms with Crippen molar-refractivity contribution in [3.05, 3.63) is 0 Å². The molecular formula is C13H26N2. The quantitative estimate of drug-likeness (QED) is 0.765. The fourth-order valence-electron chi connectivity index (χ4n) is 3.37. The summed E-state index contributed by atoms with van der Waals surface area (Å²) in [6.45, 7) is 8.20. The zero-order valence-electron chi connectivity index (χ0n) is 10.3. The molecule has 15 heavy (non-hydrogen) atoms. The molecule has 1 aliphatic carbocycles. The lowest BCUT2D eigenvalue weighted by Gasteiger charge is -2.24. The largest absolute Gasteiger partial charge is 0.310 e. The fraction of sp³-hybridized carbons (Fsp3) is 1.00. The van der Waals surface area contributed by atoms with Crippen molar-refractivity contribution in [2.24, 2.45) is 5.92 Å². The average Bonchev–Trinajstić information content (AvgIpc) is 2.68. The average molecular weight is 210 g/mol. The Bertz CT molecular complexity index is 175. The summed E-state index contributed by atoms with van der Waals surface area (Å²) < 4.78 is 0. The van der Waals surface area contributed by atoms with Gasteiger partial charge in [-0.2, -0.15) is 0 Å². The Morgan fingerprint density at radius 2 is 1.87 bits per heavy atom. The van der Waals surface area contributed by atoms with Crippen LogP contribution >= 0.6 is 0 Å². The molecule has 2 aliphatic rings. The standard InChI is InChI=1S/C13H26N2/c1-3-15(4-2)10-12-9-11-7-5-6-8-13(11)14-12/h11-14H,3-10H2,1-2H3.